The number of rotatable bonds is 5. The first-order valence-corrected chi connectivity index (χ1v) is 9.31. The Morgan fingerprint density at radius 3 is 2.12 bits per heavy atom. The Bertz CT molecular complexity index is 1020. The van der Waals surface area contributed by atoms with E-state index in [1.54, 1.807) is 30.5 Å². The monoisotopic (exact) mass is 389 g/mol. The second-order valence-corrected chi connectivity index (χ2v) is 7.28. The van der Waals surface area contributed by atoms with Crippen molar-refractivity contribution in [3.63, 3.8) is 0 Å². The van der Waals surface area contributed by atoms with E-state index in [9.17, 15) is 12.8 Å². The van der Waals surface area contributed by atoms with Crippen molar-refractivity contribution in [2.24, 2.45) is 4.99 Å². The molecule has 132 valence electrons. The molecule has 26 heavy (non-hydrogen) atoms. The third-order valence-corrected chi connectivity index (χ3v) is 4.89. The number of hydrogen-bond donors (Lipinski definition) is 0. The summed E-state index contributed by atoms with van der Waals surface area (Å²) in [6, 6.07) is 17.9. The van der Waals surface area contributed by atoms with Crippen molar-refractivity contribution in [2.75, 3.05) is 0 Å². The molecule has 0 fully saturated rings. The molecule has 0 radical (unpaired) electrons. The molecule has 0 heterocycles. The van der Waals surface area contributed by atoms with E-state index >= 15 is 0 Å². The number of hydrogen-bond acceptors (Lipinski definition) is 4. The first kappa shape index (κ1) is 18.1. The van der Waals surface area contributed by atoms with Gasteiger partial charge in [0.25, 0.3) is 0 Å². The van der Waals surface area contributed by atoms with E-state index in [4.69, 9.17) is 15.8 Å². The summed E-state index contributed by atoms with van der Waals surface area (Å²) in [4.78, 5) is 4.23. The highest BCUT2D eigenvalue weighted by atomic mass is 35.5. The predicted octanol–water partition coefficient (Wildman–Crippen LogP) is 5.00. The average Bonchev–Trinajstić information content (AvgIpc) is 2.62. The van der Waals surface area contributed by atoms with Crippen LogP contribution in [0.4, 0.5) is 10.1 Å². The van der Waals surface area contributed by atoms with Gasteiger partial charge in [0.05, 0.1) is 5.69 Å². The molecule has 0 aliphatic heterocycles. The van der Waals surface area contributed by atoms with Gasteiger partial charge in [0.1, 0.15) is 16.5 Å². The molecule has 0 aliphatic rings. The van der Waals surface area contributed by atoms with Crippen LogP contribution in [0.2, 0.25) is 5.02 Å². The Kier molecular flexibility index (Phi) is 5.35. The van der Waals surface area contributed by atoms with Crippen molar-refractivity contribution < 1.29 is 17.0 Å². The molecule has 0 atom stereocenters. The van der Waals surface area contributed by atoms with Crippen LogP contribution in [-0.2, 0) is 10.1 Å². The fraction of sp³-hybridized carbons (Fsp3) is 0. The van der Waals surface area contributed by atoms with Gasteiger partial charge in [0, 0.05) is 11.2 Å². The lowest BCUT2D eigenvalue weighted by Crippen LogP contribution is -2.09. The highest BCUT2D eigenvalue weighted by Gasteiger charge is 2.16. The van der Waals surface area contributed by atoms with E-state index < -0.39 is 10.1 Å². The van der Waals surface area contributed by atoms with E-state index in [-0.39, 0.29) is 16.5 Å². The van der Waals surface area contributed by atoms with Crippen LogP contribution >= 0.6 is 11.6 Å². The van der Waals surface area contributed by atoms with E-state index in [2.05, 4.69) is 4.99 Å². The zero-order valence-corrected chi connectivity index (χ0v) is 14.9. The van der Waals surface area contributed by atoms with Gasteiger partial charge in [-0.15, -0.1) is 0 Å². The first-order chi connectivity index (χ1) is 12.4. The molecule has 3 rings (SSSR count). The van der Waals surface area contributed by atoms with Crippen LogP contribution in [0.3, 0.4) is 0 Å². The number of benzene rings is 3. The number of aliphatic imine (C=N–C) groups is 1. The largest absolute Gasteiger partial charge is 0.379 e. The summed E-state index contributed by atoms with van der Waals surface area (Å²) in [5.41, 5.74) is 1.35. The van der Waals surface area contributed by atoms with Crippen molar-refractivity contribution in [3.05, 3.63) is 89.2 Å². The molecule has 0 aromatic heterocycles. The maximum Gasteiger partial charge on any atom is 0.339 e. The number of halogens is 2. The molecule has 0 aliphatic carbocycles. The van der Waals surface area contributed by atoms with Crippen LogP contribution in [0.5, 0.6) is 5.75 Å². The Morgan fingerprint density at radius 2 is 1.50 bits per heavy atom. The first-order valence-electron chi connectivity index (χ1n) is 7.52. The number of nitrogens with zero attached hydrogens (tertiary/aromatic N) is 1. The summed E-state index contributed by atoms with van der Waals surface area (Å²) >= 11 is 5.75. The van der Waals surface area contributed by atoms with Crippen LogP contribution in [0, 0.1) is 5.82 Å². The van der Waals surface area contributed by atoms with E-state index in [0.717, 1.165) is 5.56 Å². The highest BCUT2D eigenvalue weighted by Crippen LogP contribution is 2.21. The fourth-order valence-corrected chi connectivity index (χ4v) is 3.12. The van der Waals surface area contributed by atoms with Crippen molar-refractivity contribution >= 4 is 33.6 Å². The zero-order valence-electron chi connectivity index (χ0n) is 13.3. The molecule has 0 saturated heterocycles. The summed E-state index contributed by atoms with van der Waals surface area (Å²) < 4.78 is 42.4. The molecule has 0 bridgehead atoms. The lowest BCUT2D eigenvalue weighted by molar-refractivity contribution is 0.486. The van der Waals surface area contributed by atoms with Gasteiger partial charge in [-0.2, -0.15) is 8.42 Å². The van der Waals surface area contributed by atoms with Crippen LogP contribution in [0.25, 0.3) is 0 Å². The van der Waals surface area contributed by atoms with Gasteiger partial charge in [-0.25, -0.2) is 4.39 Å². The zero-order chi connectivity index (χ0) is 18.6. The minimum absolute atomic E-state index is 0.0175. The second-order valence-electron chi connectivity index (χ2n) is 5.30. The van der Waals surface area contributed by atoms with E-state index in [0.29, 0.717) is 10.7 Å². The Hall–Kier alpha value is -2.70. The van der Waals surface area contributed by atoms with Gasteiger partial charge in [-0.1, -0.05) is 11.6 Å². The maximum absolute atomic E-state index is 12.9. The molecule has 3 aromatic carbocycles. The molecular formula is C19H13ClFNO3S. The van der Waals surface area contributed by atoms with Crippen LogP contribution in [0.15, 0.2) is 82.7 Å². The van der Waals surface area contributed by atoms with Gasteiger partial charge in [-0.3, -0.25) is 4.99 Å². The highest BCUT2D eigenvalue weighted by molar-refractivity contribution is 7.87. The summed E-state index contributed by atoms with van der Waals surface area (Å²) in [5.74, 6) is -0.147. The minimum atomic E-state index is -3.93. The molecule has 0 amide bonds. The lowest BCUT2D eigenvalue weighted by Gasteiger charge is -2.07. The SMILES string of the molecule is O=S(=O)(Oc1ccc(C=Nc2ccc(F)cc2)cc1)c1ccc(Cl)cc1. The van der Waals surface area contributed by atoms with Crippen molar-refractivity contribution in [1.82, 2.24) is 0 Å². The smallest absolute Gasteiger partial charge is 0.339 e. The fourth-order valence-electron chi connectivity index (χ4n) is 2.06. The van der Waals surface area contributed by atoms with Crippen molar-refractivity contribution in [3.8, 4) is 5.75 Å². The Balaban J connectivity index is 1.71. The van der Waals surface area contributed by atoms with Crippen molar-refractivity contribution in [1.29, 1.82) is 0 Å². The van der Waals surface area contributed by atoms with Crippen molar-refractivity contribution in [2.45, 2.75) is 4.90 Å². The average molecular weight is 390 g/mol. The summed E-state index contributed by atoms with van der Waals surface area (Å²) in [6.45, 7) is 0. The third-order valence-electron chi connectivity index (χ3n) is 3.38. The molecule has 7 heteroatoms. The van der Waals surface area contributed by atoms with Crippen LogP contribution in [0.1, 0.15) is 5.56 Å². The second kappa shape index (κ2) is 7.68. The lowest BCUT2D eigenvalue weighted by atomic mass is 10.2. The summed E-state index contributed by atoms with van der Waals surface area (Å²) in [7, 11) is -3.93. The molecule has 0 saturated carbocycles. The van der Waals surface area contributed by atoms with Crippen LogP contribution < -0.4 is 4.18 Å². The molecular weight excluding hydrogens is 377 g/mol. The van der Waals surface area contributed by atoms with Gasteiger partial charge in [-0.05, 0) is 78.4 Å². The van der Waals surface area contributed by atoms with Gasteiger partial charge >= 0.3 is 10.1 Å². The molecule has 0 spiro atoms. The Morgan fingerprint density at radius 1 is 0.885 bits per heavy atom. The molecule has 3 aromatic rings. The van der Waals surface area contributed by atoms with E-state index in [1.807, 2.05) is 0 Å². The standard InChI is InChI=1S/C19H13ClFNO3S/c20-15-3-11-19(12-4-15)26(23,24)25-18-9-1-14(2-10-18)13-22-17-7-5-16(21)6-8-17/h1-13H. The molecule has 0 N–H and O–H groups in total. The minimum Gasteiger partial charge on any atom is -0.379 e. The van der Waals surface area contributed by atoms with E-state index in [1.165, 1.54) is 48.5 Å². The molecule has 0 unspecified atom stereocenters. The summed E-state index contributed by atoms with van der Waals surface area (Å²) in [6.07, 6.45) is 1.59. The molecule has 4 nitrogen and oxygen atoms in total. The van der Waals surface area contributed by atoms with Gasteiger partial charge in [0.15, 0.2) is 0 Å². The normalized spacial score (nSPS) is 11.6. The Labute approximate surface area is 155 Å². The van der Waals surface area contributed by atoms with Gasteiger partial charge in [0.2, 0.25) is 0 Å². The third kappa shape index (κ3) is 4.68. The maximum atomic E-state index is 12.9. The van der Waals surface area contributed by atoms with Gasteiger partial charge < -0.3 is 4.18 Å². The quantitative estimate of drug-likeness (QED) is 0.456. The topological polar surface area (TPSA) is 55.7 Å². The summed E-state index contributed by atoms with van der Waals surface area (Å²) in [5, 5.41) is 0.439. The van der Waals surface area contributed by atoms with Crippen LogP contribution in [-0.4, -0.2) is 14.6 Å². The predicted molar refractivity (Wildman–Crippen MR) is 99.4 cm³/mol.